The third-order valence-electron chi connectivity index (χ3n) is 4.29. The van der Waals surface area contributed by atoms with E-state index in [0.29, 0.717) is 22.8 Å². The number of benzene rings is 2. The van der Waals surface area contributed by atoms with Crippen LogP contribution in [0.3, 0.4) is 0 Å². The van der Waals surface area contributed by atoms with E-state index in [2.05, 4.69) is 10.3 Å². The minimum Gasteiger partial charge on any atom is -0.298 e. The van der Waals surface area contributed by atoms with Crippen molar-refractivity contribution in [2.75, 3.05) is 11.9 Å². The molecule has 0 unspecified atom stereocenters. The maximum absolute atomic E-state index is 12.6. The van der Waals surface area contributed by atoms with E-state index in [1.807, 2.05) is 38.1 Å². The highest BCUT2D eigenvalue weighted by molar-refractivity contribution is 7.22. The number of carbonyl (C=O) groups excluding carboxylic acids is 3. The molecule has 6 nitrogen and oxygen atoms in total. The summed E-state index contributed by atoms with van der Waals surface area (Å²) in [7, 11) is 0. The molecule has 136 valence electrons. The number of hydrogen-bond donors (Lipinski definition) is 1. The van der Waals surface area contributed by atoms with E-state index in [1.54, 1.807) is 12.1 Å². The number of nitrogens with zero attached hydrogens (tertiary/aromatic N) is 2. The van der Waals surface area contributed by atoms with Crippen LogP contribution in [-0.2, 0) is 0 Å². The summed E-state index contributed by atoms with van der Waals surface area (Å²) in [5, 5.41) is 3.26. The van der Waals surface area contributed by atoms with Crippen molar-refractivity contribution >= 4 is 44.4 Å². The fraction of sp³-hybridized carbons (Fsp3) is 0.200. The van der Waals surface area contributed by atoms with Gasteiger partial charge in [-0.3, -0.25) is 24.6 Å². The second-order valence-corrected chi connectivity index (χ2v) is 7.85. The molecule has 1 aromatic heterocycles. The number of fused-ring (bicyclic) bond motifs is 2. The lowest BCUT2D eigenvalue weighted by molar-refractivity contribution is 0.0636. The van der Waals surface area contributed by atoms with Crippen molar-refractivity contribution in [2.24, 2.45) is 5.92 Å². The highest BCUT2D eigenvalue weighted by Gasteiger charge is 2.36. The molecule has 3 amide bonds. The second-order valence-electron chi connectivity index (χ2n) is 6.82. The van der Waals surface area contributed by atoms with Crippen LogP contribution in [0.2, 0.25) is 0 Å². The Morgan fingerprint density at radius 1 is 1.11 bits per heavy atom. The molecular formula is C20H17N3O3S. The van der Waals surface area contributed by atoms with Crippen LogP contribution in [0.25, 0.3) is 10.2 Å². The second kappa shape index (κ2) is 6.59. The number of thiazole rings is 1. The molecule has 1 N–H and O–H groups in total. The van der Waals surface area contributed by atoms with Crippen molar-refractivity contribution in [1.82, 2.24) is 9.88 Å². The maximum Gasteiger partial charge on any atom is 0.261 e. The van der Waals surface area contributed by atoms with Gasteiger partial charge in [-0.05, 0) is 36.2 Å². The van der Waals surface area contributed by atoms with E-state index in [4.69, 9.17) is 0 Å². The monoisotopic (exact) mass is 379 g/mol. The maximum atomic E-state index is 12.6. The zero-order valence-corrected chi connectivity index (χ0v) is 15.7. The van der Waals surface area contributed by atoms with Gasteiger partial charge < -0.3 is 0 Å². The average Bonchev–Trinajstić information content (AvgIpc) is 3.15. The summed E-state index contributed by atoms with van der Waals surface area (Å²) in [6.45, 7) is 4.25. The van der Waals surface area contributed by atoms with E-state index < -0.39 is 0 Å². The van der Waals surface area contributed by atoms with Gasteiger partial charge in [0, 0.05) is 12.1 Å². The van der Waals surface area contributed by atoms with E-state index in [1.165, 1.54) is 22.3 Å². The van der Waals surface area contributed by atoms with Gasteiger partial charge in [0.2, 0.25) is 0 Å². The van der Waals surface area contributed by atoms with Gasteiger partial charge in [-0.25, -0.2) is 4.98 Å². The van der Waals surface area contributed by atoms with Crippen molar-refractivity contribution in [3.63, 3.8) is 0 Å². The molecule has 3 aromatic rings. The highest BCUT2D eigenvalue weighted by Crippen LogP contribution is 2.27. The molecule has 7 heteroatoms. The molecular weight excluding hydrogens is 362 g/mol. The Kier molecular flexibility index (Phi) is 4.24. The van der Waals surface area contributed by atoms with Crippen LogP contribution in [0, 0.1) is 5.92 Å². The lowest BCUT2D eigenvalue weighted by Gasteiger charge is -2.15. The van der Waals surface area contributed by atoms with Gasteiger partial charge in [0.25, 0.3) is 17.7 Å². The van der Waals surface area contributed by atoms with Crippen LogP contribution >= 0.6 is 11.3 Å². The van der Waals surface area contributed by atoms with Crippen LogP contribution in [0.1, 0.15) is 44.9 Å². The fourth-order valence-electron chi connectivity index (χ4n) is 3.06. The van der Waals surface area contributed by atoms with Gasteiger partial charge in [-0.15, -0.1) is 0 Å². The molecule has 0 saturated carbocycles. The molecule has 0 atom stereocenters. The fourth-order valence-corrected chi connectivity index (χ4v) is 3.92. The number of hydrogen-bond acceptors (Lipinski definition) is 5. The molecule has 2 heterocycles. The molecule has 0 spiro atoms. The van der Waals surface area contributed by atoms with E-state index >= 15 is 0 Å². The van der Waals surface area contributed by atoms with Crippen molar-refractivity contribution in [3.05, 3.63) is 59.2 Å². The topological polar surface area (TPSA) is 79.4 Å². The number of rotatable bonds is 4. The van der Waals surface area contributed by atoms with Crippen molar-refractivity contribution < 1.29 is 14.4 Å². The van der Waals surface area contributed by atoms with E-state index in [9.17, 15) is 14.4 Å². The van der Waals surface area contributed by atoms with Crippen molar-refractivity contribution in [2.45, 2.75) is 13.8 Å². The minimum absolute atomic E-state index is 0.175. The summed E-state index contributed by atoms with van der Waals surface area (Å²) in [6.07, 6.45) is 0. The summed E-state index contributed by atoms with van der Waals surface area (Å²) < 4.78 is 0.979. The summed E-state index contributed by atoms with van der Waals surface area (Å²) in [5.74, 6) is -0.839. The first kappa shape index (κ1) is 17.4. The molecule has 1 aliphatic rings. The Hall–Kier alpha value is -3.06. The Bertz CT molecular complexity index is 1050. The predicted molar refractivity (Wildman–Crippen MR) is 104 cm³/mol. The number of aromatic nitrogens is 1. The summed E-state index contributed by atoms with van der Waals surface area (Å²) in [5.41, 5.74) is 1.76. The van der Waals surface area contributed by atoms with Gasteiger partial charge in [0.15, 0.2) is 5.13 Å². The highest BCUT2D eigenvalue weighted by atomic mass is 32.1. The summed E-state index contributed by atoms with van der Waals surface area (Å²) >= 11 is 1.38. The molecule has 0 bridgehead atoms. The number of imide groups is 1. The Labute approximate surface area is 159 Å². The zero-order valence-electron chi connectivity index (χ0n) is 14.9. The molecule has 0 aliphatic carbocycles. The van der Waals surface area contributed by atoms with E-state index in [-0.39, 0.29) is 29.2 Å². The molecule has 0 saturated heterocycles. The lowest BCUT2D eigenvalue weighted by Crippen LogP contribution is -2.33. The Morgan fingerprint density at radius 3 is 2.59 bits per heavy atom. The predicted octanol–water partition coefficient (Wildman–Crippen LogP) is 3.80. The first-order valence-corrected chi connectivity index (χ1v) is 9.43. The largest absolute Gasteiger partial charge is 0.298 e. The Balaban J connectivity index is 1.59. The smallest absolute Gasteiger partial charge is 0.261 e. The zero-order chi connectivity index (χ0) is 19.1. The van der Waals surface area contributed by atoms with Gasteiger partial charge in [-0.1, -0.05) is 37.3 Å². The first-order valence-electron chi connectivity index (χ1n) is 8.61. The van der Waals surface area contributed by atoms with Gasteiger partial charge in [-0.2, -0.15) is 0 Å². The standard InChI is InChI=1S/C20H17N3O3S/c1-11(2)10-23-18(25)13-8-7-12(9-14(13)19(23)26)17(24)22-20-21-15-5-3-4-6-16(15)27-20/h3-9,11H,10H2,1-2H3,(H,21,22,24). The Morgan fingerprint density at radius 2 is 1.85 bits per heavy atom. The SMILES string of the molecule is CC(C)CN1C(=O)c2ccc(C(=O)Nc3nc4ccccc4s3)cc2C1=O. The molecule has 0 radical (unpaired) electrons. The first-order chi connectivity index (χ1) is 12.9. The molecule has 1 aliphatic heterocycles. The number of amides is 3. The van der Waals surface area contributed by atoms with Gasteiger partial charge in [0.1, 0.15) is 0 Å². The minimum atomic E-state index is -0.362. The van der Waals surface area contributed by atoms with Crippen LogP contribution < -0.4 is 5.32 Å². The van der Waals surface area contributed by atoms with Crippen molar-refractivity contribution in [1.29, 1.82) is 0 Å². The van der Waals surface area contributed by atoms with Gasteiger partial charge in [0.05, 0.1) is 21.3 Å². The number of para-hydroxylation sites is 1. The lowest BCUT2D eigenvalue weighted by atomic mass is 10.1. The van der Waals surface area contributed by atoms with Crippen LogP contribution in [-0.4, -0.2) is 34.2 Å². The molecule has 4 rings (SSSR count). The third kappa shape index (κ3) is 3.10. The summed E-state index contributed by atoms with van der Waals surface area (Å²) in [4.78, 5) is 43.2. The quantitative estimate of drug-likeness (QED) is 0.699. The normalized spacial score (nSPS) is 13.5. The average molecular weight is 379 g/mol. The molecule has 0 fully saturated rings. The number of nitrogens with one attached hydrogen (secondary N) is 1. The van der Waals surface area contributed by atoms with Crippen molar-refractivity contribution in [3.8, 4) is 0 Å². The summed E-state index contributed by atoms with van der Waals surface area (Å²) in [6, 6.07) is 12.2. The van der Waals surface area contributed by atoms with E-state index in [0.717, 1.165) is 10.2 Å². The number of carbonyl (C=O) groups is 3. The number of anilines is 1. The molecule has 2 aromatic carbocycles. The third-order valence-corrected chi connectivity index (χ3v) is 5.25. The van der Waals surface area contributed by atoms with Crippen LogP contribution in [0.4, 0.5) is 5.13 Å². The van der Waals surface area contributed by atoms with Gasteiger partial charge >= 0.3 is 0 Å². The molecule has 27 heavy (non-hydrogen) atoms. The van der Waals surface area contributed by atoms with Crippen LogP contribution in [0.15, 0.2) is 42.5 Å². The van der Waals surface area contributed by atoms with Crippen LogP contribution in [0.5, 0.6) is 0 Å².